The molecule has 1 N–H and O–H groups in total. The molecule has 12 heavy (non-hydrogen) atoms. The topological polar surface area (TPSA) is 41.6 Å². The van der Waals surface area contributed by atoms with Gasteiger partial charge < -0.3 is 4.74 Å². The van der Waals surface area contributed by atoms with Crippen LogP contribution in [-0.2, 0) is 4.74 Å². The molecule has 1 saturated heterocycles. The quantitative estimate of drug-likeness (QED) is 0.554. The maximum Gasteiger partial charge on any atom is 0.415 e. The smallest absolute Gasteiger partial charge is 0.415 e. The molecular weight excluding hydrogens is 172 g/mol. The summed E-state index contributed by atoms with van der Waals surface area (Å²) in [6.07, 6.45) is -0.216. The number of carbonyl (C=O) groups excluding carboxylic acids is 1. The Hall–Kier alpha value is -0.553. The van der Waals surface area contributed by atoms with Crippen molar-refractivity contribution in [1.82, 2.24) is 10.1 Å². The summed E-state index contributed by atoms with van der Waals surface area (Å²) in [7, 11) is -0.412. The summed E-state index contributed by atoms with van der Waals surface area (Å²) in [5, 5.41) is 0. The van der Waals surface area contributed by atoms with Gasteiger partial charge in [0.05, 0.1) is 0 Å². The highest BCUT2D eigenvalue weighted by Crippen LogP contribution is 2.09. The third kappa shape index (κ3) is 2.82. The fourth-order valence-corrected chi connectivity index (χ4v) is 2.20. The fraction of sp³-hybridized carbons (Fsp3) is 0.857. The Bertz CT molecular complexity index is 173. The molecule has 0 unspecified atom stereocenters. The Morgan fingerprint density at radius 1 is 1.58 bits per heavy atom. The highest BCUT2D eigenvalue weighted by molar-refractivity contribution is 6.36. The number of nitrogens with zero attached hydrogens (tertiary/aromatic N) is 1. The molecule has 70 valence electrons. The number of carbonyl (C=O) groups is 1. The van der Waals surface area contributed by atoms with Crippen LogP contribution in [0.4, 0.5) is 4.79 Å². The molecule has 0 aromatic rings. The van der Waals surface area contributed by atoms with Crippen molar-refractivity contribution in [2.75, 3.05) is 6.54 Å². The number of ether oxygens (including phenoxy) is 1. The van der Waals surface area contributed by atoms with Gasteiger partial charge >= 0.3 is 6.09 Å². The summed E-state index contributed by atoms with van der Waals surface area (Å²) in [5.41, 5.74) is 2.62. The predicted octanol–water partition coefficient (Wildman–Crippen LogP) is 0.244. The Balaban J connectivity index is 2.37. The monoisotopic (exact) mass is 188 g/mol. The summed E-state index contributed by atoms with van der Waals surface area (Å²) in [4.78, 5) is 11.3. The molecule has 0 aromatic carbocycles. The minimum absolute atomic E-state index is 0.216. The molecule has 4 nitrogen and oxygen atoms in total. The van der Waals surface area contributed by atoms with Gasteiger partial charge in [0, 0.05) is 6.54 Å². The van der Waals surface area contributed by atoms with Crippen molar-refractivity contribution in [3.8, 4) is 0 Å². The number of hydrazine groups is 1. The average Bonchev–Trinajstić information content (AvgIpc) is 2.32. The van der Waals surface area contributed by atoms with E-state index in [9.17, 15) is 4.79 Å². The Morgan fingerprint density at radius 2 is 2.25 bits per heavy atom. The van der Waals surface area contributed by atoms with E-state index >= 15 is 0 Å². The van der Waals surface area contributed by atoms with Crippen LogP contribution >= 0.6 is 0 Å². The first-order valence-electron chi connectivity index (χ1n) is 4.23. The van der Waals surface area contributed by atoms with Crippen LogP contribution in [0.3, 0.4) is 0 Å². The maximum atomic E-state index is 11.3. The van der Waals surface area contributed by atoms with E-state index in [1.54, 1.807) is 4.67 Å². The van der Waals surface area contributed by atoms with Crippen molar-refractivity contribution in [3.05, 3.63) is 0 Å². The molecule has 0 bridgehead atoms. The zero-order chi connectivity index (χ0) is 9.19. The van der Waals surface area contributed by atoms with Gasteiger partial charge in [-0.15, -0.1) is 0 Å². The minimum Gasteiger partial charge on any atom is -0.443 e. The van der Waals surface area contributed by atoms with Gasteiger partial charge in [-0.05, 0) is 26.8 Å². The third-order valence-electron chi connectivity index (χ3n) is 1.48. The standard InChI is InChI=1S/C7H16N2O2Si/c1-7(2,3)11-6(10)9-8-4-5-12-9/h8H,4-5,12H2,1-3H3. The van der Waals surface area contributed by atoms with Crippen molar-refractivity contribution in [2.45, 2.75) is 32.4 Å². The lowest BCUT2D eigenvalue weighted by molar-refractivity contribution is 0.0340. The van der Waals surface area contributed by atoms with Crippen molar-refractivity contribution < 1.29 is 9.53 Å². The molecule has 1 aliphatic heterocycles. The molecule has 1 fully saturated rings. The molecule has 0 aliphatic carbocycles. The normalized spacial score (nSPS) is 20.1. The van der Waals surface area contributed by atoms with Gasteiger partial charge in [-0.1, -0.05) is 0 Å². The molecule has 0 radical (unpaired) electrons. The van der Waals surface area contributed by atoms with E-state index < -0.39 is 9.68 Å². The molecule has 0 spiro atoms. The molecule has 1 amide bonds. The average molecular weight is 188 g/mol. The number of hydrogen-bond acceptors (Lipinski definition) is 3. The van der Waals surface area contributed by atoms with Crippen LogP contribution < -0.4 is 5.43 Å². The Labute approximate surface area is 75.1 Å². The van der Waals surface area contributed by atoms with Gasteiger partial charge in [-0.2, -0.15) is 0 Å². The molecule has 1 heterocycles. The molecule has 5 heteroatoms. The highest BCUT2D eigenvalue weighted by Gasteiger charge is 2.23. The van der Waals surface area contributed by atoms with E-state index in [-0.39, 0.29) is 11.7 Å². The number of nitrogens with one attached hydrogen (secondary N) is 1. The zero-order valence-corrected chi connectivity index (χ0v) is 9.30. The SMILES string of the molecule is CC(C)(C)OC(=O)N1NCC[SiH2]1. The van der Waals surface area contributed by atoms with Crippen LogP contribution in [0, 0.1) is 0 Å². The van der Waals surface area contributed by atoms with Crippen molar-refractivity contribution in [2.24, 2.45) is 0 Å². The van der Waals surface area contributed by atoms with E-state index in [0.29, 0.717) is 0 Å². The van der Waals surface area contributed by atoms with Crippen LogP contribution in [0.2, 0.25) is 6.04 Å². The van der Waals surface area contributed by atoms with Crippen molar-refractivity contribution in [1.29, 1.82) is 0 Å². The number of hydrogen-bond donors (Lipinski definition) is 1. The van der Waals surface area contributed by atoms with E-state index in [1.807, 2.05) is 20.8 Å². The third-order valence-corrected chi connectivity index (χ3v) is 3.07. The molecular formula is C7H16N2O2Si. The number of amides is 1. The Kier molecular flexibility index (Phi) is 2.74. The lowest BCUT2D eigenvalue weighted by atomic mass is 10.2. The van der Waals surface area contributed by atoms with Gasteiger partial charge in [0.25, 0.3) is 0 Å². The van der Waals surface area contributed by atoms with E-state index in [1.165, 1.54) is 0 Å². The molecule has 1 rings (SSSR count). The lowest BCUT2D eigenvalue weighted by Crippen LogP contribution is -2.42. The maximum absolute atomic E-state index is 11.3. The lowest BCUT2D eigenvalue weighted by Gasteiger charge is -2.24. The van der Waals surface area contributed by atoms with E-state index in [0.717, 1.165) is 12.6 Å². The molecule has 0 saturated carbocycles. The second-order valence-corrected chi connectivity index (χ2v) is 5.68. The van der Waals surface area contributed by atoms with E-state index in [4.69, 9.17) is 4.74 Å². The van der Waals surface area contributed by atoms with Gasteiger partial charge in [-0.3, -0.25) is 4.67 Å². The summed E-state index contributed by atoms with van der Waals surface area (Å²) in [6, 6.07) is 1.14. The first kappa shape index (κ1) is 9.53. The minimum atomic E-state index is -0.412. The van der Waals surface area contributed by atoms with E-state index in [2.05, 4.69) is 5.43 Å². The van der Waals surface area contributed by atoms with Gasteiger partial charge in [0.2, 0.25) is 0 Å². The summed E-state index contributed by atoms with van der Waals surface area (Å²) in [5.74, 6) is 0. The van der Waals surface area contributed by atoms with Gasteiger partial charge in [0.1, 0.15) is 5.60 Å². The Morgan fingerprint density at radius 3 is 2.67 bits per heavy atom. The van der Waals surface area contributed by atoms with Gasteiger partial charge in [0.15, 0.2) is 9.68 Å². The van der Waals surface area contributed by atoms with Crippen molar-refractivity contribution in [3.63, 3.8) is 0 Å². The first-order valence-corrected chi connectivity index (χ1v) is 5.86. The fourth-order valence-electron chi connectivity index (χ4n) is 1.00. The van der Waals surface area contributed by atoms with Crippen LogP contribution in [0.5, 0.6) is 0 Å². The highest BCUT2D eigenvalue weighted by atomic mass is 28.2. The summed E-state index contributed by atoms with van der Waals surface area (Å²) in [6.45, 7) is 6.55. The molecule has 0 aromatic heterocycles. The number of rotatable bonds is 0. The van der Waals surface area contributed by atoms with Crippen LogP contribution in [0.15, 0.2) is 0 Å². The second-order valence-electron chi connectivity index (χ2n) is 3.89. The first-order chi connectivity index (χ1) is 5.49. The zero-order valence-electron chi connectivity index (χ0n) is 7.89. The predicted molar refractivity (Wildman–Crippen MR) is 49.4 cm³/mol. The summed E-state index contributed by atoms with van der Waals surface area (Å²) < 4.78 is 6.84. The molecule has 0 atom stereocenters. The van der Waals surface area contributed by atoms with Crippen LogP contribution in [0.25, 0.3) is 0 Å². The molecule has 1 aliphatic rings. The van der Waals surface area contributed by atoms with Crippen LogP contribution in [0.1, 0.15) is 20.8 Å². The van der Waals surface area contributed by atoms with Gasteiger partial charge in [-0.25, -0.2) is 10.2 Å². The summed E-state index contributed by atoms with van der Waals surface area (Å²) >= 11 is 0. The second kappa shape index (κ2) is 3.45. The largest absolute Gasteiger partial charge is 0.443 e. The van der Waals surface area contributed by atoms with Crippen molar-refractivity contribution >= 4 is 15.8 Å². The van der Waals surface area contributed by atoms with Crippen LogP contribution in [-0.4, -0.2) is 32.6 Å².